The lowest BCUT2D eigenvalue weighted by atomic mass is 10.2. The molecule has 13 heavy (non-hydrogen) atoms. The van der Waals surface area contributed by atoms with E-state index in [2.05, 4.69) is 5.32 Å². The Bertz CT molecular complexity index is 153. The summed E-state index contributed by atoms with van der Waals surface area (Å²) in [6, 6.07) is 0. The van der Waals surface area contributed by atoms with Crippen LogP contribution in [0.4, 0.5) is 13.2 Å². The van der Waals surface area contributed by atoms with Gasteiger partial charge in [-0.3, -0.25) is 0 Å². The molecule has 0 aromatic rings. The molecular weight excluding hydrogens is 207 g/mol. The van der Waals surface area contributed by atoms with Crippen molar-refractivity contribution in [3.63, 3.8) is 0 Å². The molecule has 1 N–H and O–H groups in total. The summed E-state index contributed by atoms with van der Waals surface area (Å²) in [7, 11) is 0. The van der Waals surface area contributed by atoms with E-state index in [1.54, 1.807) is 6.92 Å². The van der Waals surface area contributed by atoms with Crippen LogP contribution in [-0.4, -0.2) is 31.5 Å². The van der Waals surface area contributed by atoms with Crippen LogP contribution in [0.5, 0.6) is 0 Å². The van der Waals surface area contributed by atoms with Gasteiger partial charge in [-0.2, -0.15) is 13.2 Å². The average molecular weight is 220 g/mol. The van der Waals surface area contributed by atoms with Crippen molar-refractivity contribution >= 4 is 12.4 Å². The van der Waals surface area contributed by atoms with Crippen LogP contribution in [0.2, 0.25) is 0 Å². The molecular formula is C7H13ClF3NO. The molecule has 0 aromatic heterocycles. The lowest BCUT2D eigenvalue weighted by Crippen LogP contribution is -2.45. The number of ether oxygens (including phenoxy) is 1. The molecule has 80 valence electrons. The molecule has 2 atom stereocenters. The quantitative estimate of drug-likeness (QED) is 0.726. The van der Waals surface area contributed by atoms with Gasteiger partial charge in [-0.05, 0) is 6.92 Å². The van der Waals surface area contributed by atoms with Gasteiger partial charge < -0.3 is 10.1 Å². The molecule has 1 saturated heterocycles. The predicted octanol–water partition coefficient (Wildman–Crippen LogP) is 1.74. The van der Waals surface area contributed by atoms with Crippen LogP contribution in [0.15, 0.2) is 0 Å². The second-order valence-corrected chi connectivity index (χ2v) is 3.05. The number of hydrogen-bond donors (Lipinski definition) is 1. The van der Waals surface area contributed by atoms with E-state index in [-0.39, 0.29) is 18.5 Å². The van der Waals surface area contributed by atoms with Crippen LogP contribution in [-0.2, 0) is 4.74 Å². The summed E-state index contributed by atoms with van der Waals surface area (Å²) in [5.74, 6) is 0. The Labute approximate surface area is 81.2 Å². The molecule has 2 unspecified atom stereocenters. The van der Waals surface area contributed by atoms with E-state index in [0.29, 0.717) is 13.1 Å². The van der Waals surface area contributed by atoms with Gasteiger partial charge in [0.1, 0.15) is 0 Å². The molecule has 0 saturated carbocycles. The van der Waals surface area contributed by atoms with Gasteiger partial charge in [-0.25, -0.2) is 0 Å². The van der Waals surface area contributed by atoms with Crippen molar-refractivity contribution in [2.45, 2.75) is 31.7 Å². The number of alkyl halides is 3. The second-order valence-electron chi connectivity index (χ2n) is 3.05. The summed E-state index contributed by atoms with van der Waals surface area (Å²) in [6.07, 6.45) is -5.81. The van der Waals surface area contributed by atoms with Gasteiger partial charge in [0.25, 0.3) is 0 Å². The maximum Gasteiger partial charge on any atom is 0.391 e. The van der Waals surface area contributed by atoms with E-state index < -0.39 is 18.7 Å². The zero-order chi connectivity index (χ0) is 9.19. The number of nitrogens with one attached hydrogen (secondary N) is 1. The van der Waals surface area contributed by atoms with Gasteiger partial charge in [0.2, 0.25) is 0 Å². The van der Waals surface area contributed by atoms with Crippen molar-refractivity contribution in [1.82, 2.24) is 5.32 Å². The number of halogens is 4. The molecule has 0 amide bonds. The van der Waals surface area contributed by atoms with Crippen LogP contribution < -0.4 is 5.32 Å². The Morgan fingerprint density at radius 1 is 1.38 bits per heavy atom. The van der Waals surface area contributed by atoms with Gasteiger partial charge >= 0.3 is 6.18 Å². The first kappa shape index (κ1) is 13.0. The standard InChI is InChI=1S/C7H12F3NO.ClH/c1-5-3-11-4-6(12-5)2-7(8,9)10;/h5-6,11H,2-4H2,1H3;1H. The Kier molecular flexibility index (Phi) is 5.02. The molecule has 6 heteroatoms. The maximum absolute atomic E-state index is 11.9. The van der Waals surface area contributed by atoms with Crippen molar-refractivity contribution < 1.29 is 17.9 Å². The molecule has 1 heterocycles. The highest BCUT2D eigenvalue weighted by Gasteiger charge is 2.34. The minimum Gasteiger partial charge on any atom is -0.372 e. The number of morpholine rings is 1. The van der Waals surface area contributed by atoms with E-state index in [1.807, 2.05) is 0 Å². The number of hydrogen-bond acceptors (Lipinski definition) is 2. The third-order valence-corrected chi connectivity index (χ3v) is 1.69. The molecule has 1 fully saturated rings. The lowest BCUT2D eigenvalue weighted by Gasteiger charge is -2.29. The molecule has 0 bridgehead atoms. The zero-order valence-corrected chi connectivity index (χ0v) is 8.04. The normalized spacial score (nSPS) is 29.5. The van der Waals surface area contributed by atoms with Gasteiger partial charge in [-0.1, -0.05) is 0 Å². The summed E-state index contributed by atoms with van der Waals surface area (Å²) in [6.45, 7) is 2.69. The molecule has 0 aromatic carbocycles. The smallest absolute Gasteiger partial charge is 0.372 e. The van der Waals surface area contributed by atoms with Crippen LogP contribution in [0.25, 0.3) is 0 Å². The number of rotatable bonds is 1. The van der Waals surface area contributed by atoms with E-state index in [4.69, 9.17) is 4.74 Å². The molecule has 1 aliphatic rings. The summed E-state index contributed by atoms with van der Waals surface area (Å²) in [5.41, 5.74) is 0. The first-order valence-electron chi connectivity index (χ1n) is 3.90. The molecule has 0 spiro atoms. The molecule has 2 nitrogen and oxygen atoms in total. The Balaban J connectivity index is 0.00000144. The summed E-state index contributed by atoms with van der Waals surface area (Å²) < 4.78 is 40.7. The van der Waals surface area contributed by atoms with Crippen molar-refractivity contribution in [2.24, 2.45) is 0 Å². The maximum atomic E-state index is 11.9. The summed E-state index contributed by atoms with van der Waals surface area (Å²) in [5, 5.41) is 2.88. The fourth-order valence-corrected chi connectivity index (χ4v) is 1.25. The minimum absolute atomic E-state index is 0. The first-order valence-corrected chi connectivity index (χ1v) is 3.90. The van der Waals surface area contributed by atoms with E-state index in [0.717, 1.165) is 0 Å². The Hall–Kier alpha value is 0. The summed E-state index contributed by atoms with van der Waals surface area (Å²) >= 11 is 0. The third-order valence-electron chi connectivity index (χ3n) is 1.69. The lowest BCUT2D eigenvalue weighted by molar-refractivity contribution is -0.170. The van der Waals surface area contributed by atoms with Crippen LogP contribution >= 0.6 is 12.4 Å². The highest BCUT2D eigenvalue weighted by molar-refractivity contribution is 5.85. The van der Waals surface area contributed by atoms with Crippen LogP contribution in [0, 0.1) is 0 Å². The average Bonchev–Trinajstić information content (AvgIpc) is 1.82. The zero-order valence-electron chi connectivity index (χ0n) is 7.23. The molecule has 1 aliphatic heterocycles. The van der Waals surface area contributed by atoms with Crippen molar-refractivity contribution in [3.05, 3.63) is 0 Å². The fraction of sp³-hybridized carbons (Fsp3) is 1.00. The highest BCUT2D eigenvalue weighted by atomic mass is 35.5. The fourth-order valence-electron chi connectivity index (χ4n) is 1.25. The molecule has 0 radical (unpaired) electrons. The second kappa shape index (κ2) is 5.02. The predicted molar refractivity (Wildman–Crippen MR) is 45.1 cm³/mol. The summed E-state index contributed by atoms with van der Waals surface area (Å²) in [4.78, 5) is 0. The van der Waals surface area contributed by atoms with Crippen molar-refractivity contribution in [2.75, 3.05) is 13.1 Å². The van der Waals surface area contributed by atoms with Crippen molar-refractivity contribution in [1.29, 1.82) is 0 Å². The van der Waals surface area contributed by atoms with E-state index >= 15 is 0 Å². The van der Waals surface area contributed by atoms with Gasteiger partial charge in [-0.15, -0.1) is 12.4 Å². The van der Waals surface area contributed by atoms with Gasteiger partial charge in [0.15, 0.2) is 0 Å². The van der Waals surface area contributed by atoms with Crippen LogP contribution in [0.3, 0.4) is 0 Å². The largest absolute Gasteiger partial charge is 0.391 e. The van der Waals surface area contributed by atoms with Gasteiger partial charge in [0, 0.05) is 13.1 Å². The van der Waals surface area contributed by atoms with E-state index in [1.165, 1.54) is 0 Å². The Morgan fingerprint density at radius 3 is 2.46 bits per heavy atom. The van der Waals surface area contributed by atoms with Crippen LogP contribution in [0.1, 0.15) is 13.3 Å². The molecule has 0 aliphatic carbocycles. The SMILES string of the molecule is CC1CNCC(CC(F)(F)F)O1.Cl. The first-order chi connectivity index (χ1) is 5.47. The van der Waals surface area contributed by atoms with Gasteiger partial charge in [0.05, 0.1) is 18.6 Å². The highest BCUT2D eigenvalue weighted by Crippen LogP contribution is 2.24. The Morgan fingerprint density at radius 2 is 2.00 bits per heavy atom. The third kappa shape index (κ3) is 5.33. The van der Waals surface area contributed by atoms with E-state index in [9.17, 15) is 13.2 Å². The minimum atomic E-state index is -4.12. The topological polar surface area (TPSA) is 21.3 Å². The van der Waals surface area contributed by atoms with Crippen molar-refractivity contribution in [3.8, 4) is 0 Å². The molecule has 1 rings (SSSR count). The monoisotopic (exact) mass is 219 g/mol.